The zero-order valence-corrected chi connectivity index (χ0v) is 16.5. The van der Waals surface area contributed by atoms with E-state index >= 15 is 0 Å². The third-order valence-corrected chi connectivity index (χ3v) is 4.68. The molecule has 0 aliphatic rings. The van der Waals surface area contributed by atoms with Crippen molar-refractivity contribution < 1.29 is 9.53 Å². The van der Waals surface area contributed by atoms with Crippen molar-refractivity contribution in [1.82, 2.24) is 0 Å². The minimum Gasteiger partial charge on any atom is -0.474 e. The number of benzene rings is 3. The molecule has 0 unspecified atom stereocenters. The predicted molar refractivity (Wildman–Crippen MR) is 111 cm³/mol. The quantitative estimate of drug-likeness (QED) is 0.541. The molecule has 5 heteroatoms. The van der Waals surface area contributed by atoms with Crippen LogP contribution in [0.4, 0.5) is 5.69 Å². The highest BCUT2D eigenvalue weighted by atomic mass is 35.5. The van der Waals surface area contributed by atoms with Crippen LogP contribution in [-0.4, -0.2) is 5.91 Å². The Balaban J connectivity index is 1.93. The fourth-order valence-corrected chi connectivity index (χ4v) is 2.99. The molecule has 0 spiro atoms. The van der Waals surface area contributed by atoms with E-state index < -0.39 is 6.10 Å². The van der Waals surface area contributed by atoms with Crippen molar-refractivity contribution in [3.05, 3.63) is 93.5 Å². The molecule has 0 bridgehead atoms. The van der Waals surface area contributed by atoms with E-state index in [1.807, 2.05) is 62.4 Å². The van der Waals surface area contributed by atoms with Gasteiger partial charge in [0.05, 0.1) is 5.02 Å². The second kappa shape index (κ2) is 8.47. The highest BCUT2D eigenvalue weighted by Crippen LogP contribution is 2.32. The summed E-state index contributed by atoms with van der Waals surface area (Å²) in [7, 11) is 0. The maximum atomic E-state index is 13.1. The fourth-order valence-electron chi connectivity index (χ4n) is 2.66. The Morgan fingerprint density at radius 2 is 1.70 bits per heavy atom. The number of carbonyl (C=O) groups is 1. The molecule has 0 aromatic heterocycles. The van der Waals surface area contributed by atoms with Gasteiger partial charge in [0.1, 0.15) is 5.75 Å². The van der Waals surface area contributed by atoms with Gasteiger partial charge in [0, 0.05) is 22.3 Å². The Bertz CT molecular complexity index is 958. The summed E-state index contributed by atoms with van der Waals surface area (Å²) in [5.41, 5.74) is 3.51. The lowest BCUT2D eigenvalue weighted by Gasteiger charge is -2.21. The Morgan fingerprint density at radius 3 is 2.44 bits per heavy atom. The van der Waals surface area contributed by atoms with Gasteiger partial charge in [-0.05, 0) is 43.2 Å². The molecule has 27 heavy (non-hydrogen) atoms. The van der Waals surface area contributed by atoms with Crippen molar-refractivity contribution in [2.75, 3.05) is 5.32 Å². The topological polar surface area (TPSA) is 38.3 Å². The van der Waals surface area contributed by atoms with Crippen LogP contribution in [0, 0.1) is 13.8 Å². The minimum atomic E-state index is -0.873. The summed E-state index contributed by atoms with van der Waals surface area (Å²) in [6, 6.07) is 20.1. The molecule has 0 heterocycles. The maximum absolute atomic E-state index is 13.1. The first-order valence-corrected chi connectivity index (χ1v) is 9.24. The summed E-state index contributed by atoms with van der Waals surface area (Å²) < 4.78 is 5.99. The van der Waals surface area contributed by atoms with Crippen molar-refractivity contribution in [1.29, 1.82) is 0 Å². The molecule has 0 fully saturated rings. The van der Waals surface area contributed by atoms with Crippen LogP contribution in [0.15, 0.2) is 66.7 Å². The third-order valence-electron chi connectivity index (χ3n) is 4.13. The number of rotatable bonds is 5. The molecule has 3 aromatic rings. The molecule has 1 N–H and O–H groups in total. The van der Waals surface area contributed by atoms with Crippen molar-refractivity contribution >= 4 is 34.8 Å². The molecule has 0 aliphatic carbocycles. The first kappa shape index (κ1) is 19.3. The van der Waals surface area contributed by atoms with Crippen LogP contribution in [-0.2, 0) is 4.79 Å². The number of hydrogen-bond donors (Lipinski definition) is 1. The van der Waals surface area contributed by atoms with Gasteiger partial charge in [0.15, 0.2) is 0 Å². The van der Waals surface area contributed by atoms with Crippen LogP contribution < -0.4 is 10.1 Å². The third kappa shape index (κ3) is 4.82. The number of hydrogen-bond acceptors (Lipinski definition) is 2. The van der Waals surface area contributed by atoms with Gasteiger partial charge in [0.25, 0.3) is 5.91 Å². The zero-order valence-electron chi connectivity index (χ0n) is 15.0. The Hall–Kier alpha value is -2.49. The second-order valence-electron chi connectivity index (χ2n) is 6.29. The first-order chi connectivity index (χ1) is 12.9. The van der Waals surface area contributed by atoms with E-state index in [0.29, 0.717) is 15.8 Å². The number of nitrogens with one attached hydrogen (secondary N) is 1. The summed E-state index contributed by atoms with van der Waals surface area (Å²) in [4.78, 5) is 13.1. The SMILES string of the molecule is Cc1ccc(C)c(NC(=O)[C@@H](Oc2cc(Cl)ccc2Cl)c2ccccc2)c1. The minimum absolute atomic E-state index is 0.286. The first-order valence-electron chi connectivity index (χ1n) is 8.49. The monoisotopic (exact) mass is 399 g/mol. The summed E-state index contributed by atoms with van der Waals surface area (Å²) in [6.45, 7) is 3.92. The molecule has 138 valence electrons. The Labute approximate surface area is 168 Å². The van der Waals surface area contributed by atoms with Crippen molar-refractivity contribution in [2.45, 2.75) is 20.0 Å². The van der Waals surface area contributed by atoms with Gasteiger partial charge >= 0.3 is 0 Å². The van der Waals surface area contributed by atoms with Crippen LogP contribution in [0.1, 0.15) is 22.8 Å². The van der Waals surface area contributed by atoms with E-state index in [4.69, 9.17) is 27.9 Å². The predicted octanol–water partition coefficient (Wildman–Crippen LogP) is 6.37. The van der Waals surface area contributed by atoms with Crippen molar-refractivity contribution in [3.63, 3.8) is 0 Å². The van der Waals surface area contributed by atoms with E-state index in [-0.39, 0.29) is 5.91 Å². The lowest BCUT2D eigenvalue weighted by atomic mass is 10.1. The van der Waals surface area contributed by atoms with Gasteiger partial charge in [0.2, 0.25) is 6.10 Å². The van der Waals surface area contributed by atoms with Crippen LogP contribution in [0.2, 0.25) is 10.0 Å². The molecule has 3 aromatic carbocycles. The molecule has 0 saturated carbocycles. The summed E-state index contributed by atoms with van der Waals surface area (Å²) in [5, 5.41) is 3.84. The van der Waals surface area contributed by atoms with Crippen LogP contribution in [0.3, 0.4) is 0 Å². The van der Waals surface area contributed by atoms with E-state index in [1.54, 1.807) is 18.2 Å². The summed E-state index contributed by atoms with van der Waals surface area (Å²) in [5.74, 6) is 0.0695. The number of halogens is 2. The van der Waals surface area contributed by atoms with Gasteiger partial charge in [-0.25, -0.2) is 0 Å². The standard InChI is InChI=1S/C22H19Cl2NO2/c1-14-8-9-15(2)19(12-14)25-22(26)21(16-6-4-3-5-7-16)27-20-13-17(23)10-11-18(20)24/h3-13,21H,1-2H3,(H,25,26)/t21-/m0/s1. The molecule has 1 amide bonds. The molecule has 3 rings (SSSR count). The molecular formula is C22H19Cl2NO2. The number of carbonyl (C=O) groups excluding carboxylic acids is 1. The van der Waals surface area contributed by atoms with E-state index in [9.17, 15) is 4.79 Å². The van der Waals surface area contributed by atoms with Gasteiger partial charge in [-0.1, -0.05) is 65.7 Å². The van der Waals surface area contributed by atoms with Crippen molar-refractivity contribution in [3.8, 4) is 5.75 Å². The largest absolute Gasteiger partial charge is 0.474 e. The van der Waals surface area contributed by atoms with E-state index in [0.717, 1.165) is 22.4 Å². The van der Waals surface area contributed by atoms with Gasteiger partial charge in [-0.15, -0.1) is 0 Å². The summed E-state index contributed by atoms with van der Waals surface area (Å²) >= 11 is 12.3. The molecule has 0 radical (unpaired) electrons. The Morgan fingerprint density at radius 1 is 0.963 bits per heavy atom. The average molecular weight is 400 g/mol. The van der Waals surface area contributed by atoms with Crippen LogP contribution >= 0.6 is 23.2 Å². The summed E-state index contributed by atoms with van der Waals surface area (Å²) in [6.07, 6.45) is -0.873. The molecule has 3 nitrogen and oxygen atoms in total. The molecule has 0 saturated heterocycles. The number of ether oxygens (including phenoxy) is 1. The second-order valence-corrected chi connectivity index (χ2v) is 7.13. The maximum Gasteiger partial charge on any atom is 0.270 e. The zero-order chi connectivity index (χ0) is 19.4. The fraction of sp³-hybridized carbons (Fsp3) is 0.136. The normalized spacial score (nSPS) is 11.7. The molecular weight excluding hydrogens is 381 g/mol. The van der Waals surface area contributed by atoms with Gasteiger partial charge < -0.3 is 10.1 Å². The molecule has 1 atom stereocenters. The van der Waals surface area contributed by atoms with Gasteiger partial charge in [-0.2, -0.15) is 0 Å². The van der Waals surface area contributed by atoms with Crippen molar-refractivity contribution in [2.24, 2.45) is 0 Å². The van der Waals surface area contributed by atoms with Gasteiger partial charge in [-0.3, -0.25) is 4.79 Å². The van der Waals surface area contributed by atoms with Crippen LogP contribution in [0.25, 0.3) is 0 Å². The molecule has 0 aliphatic heterocycles. The van der Waals surface area contributed by atoms with Crippen LogP contribution in [0.5, 0.6) is 5.75 Å². The lowest BCUT2D eigenvalue weighted by molar-refractivity contribution is -0.123. The smallest absolute Gasteiger partial charge is 0.270 e. The average Bonchev–Trinajstić information content (AvgIpc) is 2.66. The Kier molecular flexibility index (Phi) is 6.04. The number of amides is 1. The number of aryl methyl sites for hydroxylation is 2. The highest BCUT2D eigenvalue weighted by molar-refractivity contribution is 6.34. The number of anilines is 1. The van der Waals surface area contributed by atoms with E-state index in [1.165, 1.54) is 0 Å². The highest BCUT2D eigenvalue weighted by Gasteiger charge is 2.24. The lowest BCUT2D eigenvalue weighted by Crippen LogP contribution is -2.26. The van der Waals surface area contributed by atoms with E-state index in [2.05, 4.69) is 5.32 Å².